The van der Waals surface area contributed by atoms with Crippen molar-refractivity contribution in [1.82, 2.24) is 15.1 Å². The number of hydrogen-bond donors (Lipinski definition) is 1. The number of benzene rings is 2. The SMILES string of the molecule is CCCCCN1C(=O)c2[nH]nc(-c3ccc(Cl)cc3)c2C1c1cccc(OCCC)c1. The Balaban J connectivity index is 1.78. The number of fused-ring (bicyclic) bond motifs is 1. The van der Waals surface area contributed by atoms with Crippen LogP contribution in [0.4, 0.5) is 0 Å². The van der Waals surface area contributed by atoms with Crippen molar-refractivity contribution in [3.05, 3.63) is 70.4 Å². The number of aromatic nitrogens is 2. The Labute approximate surface area is 188 Å². The zero-order chi connectivity index (χ0) is 21.8. The van der Waals surface area contributed by atoms with Crippen LogP contribution in [0, 0.1) is 0 Å². The Bertz CT molecular complexity index is 1050. The summed E-state index contributed by atoms with van der Waals surface area (Å²) >= 11 is 6.09. The number of H-pyrrole nitrogens is 1. The third kappa shape index (κ3) is 4.33. The summed E-state index contributed by atoms with van der Waals surface area (Å²) in [7, 11) is 0. The average Bonchev–Trinajstić information content (AvgIpc) is 3.32. The second-order valence-corrected chi connectivity index (χ2v) is 8.33. The second-order valence-electron chi connectivity index (χ2n) is 7.90. The summed E-state index contributed by atoms with van der Waals surface area (Å²) in [4.78, 5) is 15.3. The molecule has 4 rings (SSSR count). The van der Waals surface area contributed by atoms with Gasteiger partial charge in [-0.05, 0) is 42.7 Å². The van der Waals surface area contributed by atoms with Gasteiger partial charge in [-0.1, -0.05) is 62.6 Å². The lowest BCUT2D eigenvalue weighted by Crippen LogP contribution is -2.30. The quantitative estimate of drug-likeness (QED) is 0.402. The van der Waals surface area contributed by atoms with E-state index in [1.54, 1.807) is 0 Å². The predicted octanol–water partition coefficient (Wildman–Crippen LogP) is 6.25. The maximum atomic E-state index is 13.3. The van der Waals surface area contributed by atoms with Crippen LogP contribution in [0.25, 0.3) is 11.3 Å². The van der Waals surface area contributed by atoms with E-state index in [-0.39, 0.29) is 11.9 Å². The highest BCUT2D eigenvalue weighted by Crippen LogP contribution is 2.43. The Kier molecular flexibility index (Phi) is 6.62. The zero-order valence-corrected chi connectivity index (χ0v) is 18.8. The molecule has 2 heterocycles. The summed E-state index contributed by atoms with van der Waals surface area (Å²) in [5, 5.41) is 8.20. The summed E-state index contributed by atoms with van der Waals surface area (Å²) in [6.45, 7) is 5.63. The molecule has 1 unspecified atom stereocenters. The van der Waals surface area contributed by atoms with Gasteiger partial charge in [0.25, 0.3) is 5.91 Å². The van der Waals surface area contributed by atoms with E-state index in [0.29, 0.717) is 23.9 Å². The van der Waals surface area contributed by atoms with Gasteiger partial charge in [-0.25, -0.2) is 0 Å². The number of hydrogen-bond acceptors (Lipinski definition) is 3. The molecule has 0 saturated heterocycles. The summed E-state index contributed by atoms with van der Waals surface area (Å²) in [5.74, 6) is 0.828. The highest BCUT2D eigenvalue weighted by atomic mass is 35.5. The maximum absolute atomic E-state index is 13.3. The van der Waals surface area contributed by atoms with Gasteiger partial charge in [-0.15, -0.1) is 0 Å². The lowest BCUT2D eigenvalue weighted by Gasteiger charge is -2.26. The van der Waals surface area contributed by atoms with Crippen LogP contribution in [0.1, 0.15) is 67.2 Å². The number of rotatable bonds is 9. The number of amides is 1. The lowest BCUT2D eigenvalue weighted by molar-refractivity contribution is 0.0740. The zero-order valence-electron chi connectivity index (χ0n) is 18.0. The minimum absolute atomic E-state index is 0.00342. The minimum atomic E-state index is -0.200. The van der Waals surface area contributed by atoms with Crippen LogP contribution in [0.5, 0.6) is 5.75 Å². The minimum Gasteiger partial charge on any atom is -0.494 e. The summed E-state index contributed by atoms with van der Waals surface area (Å²) in [6.07, 6.45) is 4.11. The summed E-state index contributed by atoms with van der Waals surface area (Å²) in [5.41, 5.74) is 4.27. The maximum Gasteiger partial charge on any atom is 0.273 e. The Morgan fingerprint density at radius 2 is 1.90 bits per heavy atom. The largest absolute Gasteiger partial charge is 0.494 e. The lowest BCUT2D eigenvalue weighted by atomic mass is 9.96. The molecule has 2 aromatic carbocycles. The molecule has 1 aliphatic heterocycles. The van der Waals surface area contributed by atoms with E-state index < -0.39 is 0 Å². The molecule has 1 aromatic heterocycles. The van der Waals surface area contributed by atoms with Crippen molar-refractivity contribution in [1.29, 1.82) is 0 Å². The summed E-state index contributed by atoms with van der Waals surface area (Å²) < 4.78 is 5.87. The molecule has 1 amide bonds. The first-order chi connectivity index (χ1) is 15.1. The van der Waals surface area contributed by atoms with Crippen LogP contribution in [0.15, 0.2) is 48.5 Å². The highest BCUT2D eigenvalue weighted by Gasteiger charge is 2.41. The number of ether oxygens (including phenoxy) is 1. The van der Waals surface area contributed by atoms with E-state index in [4.69, 9.17) is 16.3 Å². The third-order valence-corrected chi connectivity index (χ3v) is 5.88. The predicted molar refractivity (Wildman–Crippen MR) is 124 cm³/mol. The van der Waals surface area contributed by atoms with Crippen molar-refractivity contribution in [2.24, 2.45) is 0 Å². The standard InChI is InChI=1S/C25H28ClN3O2/c1-3-5-6-14-29-24(18-8-7-9-20(16-18)31-15-4-2)21-22(27-28-23(21)25(29)30)17-10-12-19(26)13-11-17/h7-13,16,24H,3-6,14-15H2,1-2H3,(H,27,28). The molecular formula is C25H28ClN3O2. The van der Waals surface area contributed by atoms with E-state index in [9.17, 15) is 4.79 Å². The smallest absolute Gasteiger partial charge is 0.273 e. The van der Waals surface area contributed by atoms with Gasteiger partial charge in [0.1, 0.15) is 11.4 Å². The van der Waals surface area contributed by atoms with Crippen LogP contribution in [-0.2, 0) is 0 Å². The number of halogens is 1. The van der Waals surface area contributed by atoms with E-state index in [0.717, 1.165) is 53.8 Å². The van der Waals surface area contributed by atoms with E-state index in [1.807, 2.05) is 47.4 Å². The molecule has 162 valence electrons. The molecule has 31 heavy (non-hydrogen) atoms. The van der Waals surface area contributed by atoms with Crippen LogP contribution < -0.4 is 4.74 Å². The van der Waals surface area contributed by atoms with Crippen LogP contribution in [0.2, 0.25) is 5.02 Å². The van der Waals surface area contributed by atoms with Gasteiger partial charge < -0.3 is 9.64 Å². The number of nitrogens with zero attached hydrogens (tertiary/aromatic N) is 2. The van der Waals surface area contributed by atoms with Gasteiger partial charge in [0.15, 0.2) is 0 Å². The van der Waals surface area contributed by atoms with Gasteiger partial charge >= 0.3 is 0 Å². The topological polar surface area (TPSA) is 58.2 Å². The number of carbonyl (C=O) groups is 1. The molecule has 1 atom stereocenters. The van der Waals surface area contributed by atoms with Gasteiger partial charge in [-0.2, -0.15) is 5.10 Å². The molecule has 6 heteroatoms. The molecule has 0 radical (unpaired) electrons. The van der Waals surface area contributed by atoms with E-state index in [1.165, 1.54) is 0 Å². The summed E-state index contributed by atoms with van der Waals surface area (Å²) in [6, 6.07) is 15.5. The van der Waals surface area contributed by atoms with Crippen LogP contribution in [0.3, 0.4) is 0 Å². The fraction of sp³-hybridized carbons (Fsp3) is 0.360. The van der Waals surface area contributed by atoms with E-state index >= 15 is 0 Å². The number of unbranched alkanes of at least 4 members (excludes halogenated alkanes) is 2. The molecule has 0 bridgehead atoms. The van der Waals surface area contributed by atoms with Crippen molar-refractivity contribution in [2.45, 2.75) is 45.6 Å². The van der Waals surface area contributed by atoms with Crippen molar-refractivity contribution in [3.63, 3.8) is 0 Å². The molecule has 0 spiro atoms. The van der Waals surface area contributed by atoms with Crippen LogP contribution in [-0.4, -0.2) is 34.2 Å². The molecule has 3 aromatic rings. The fourth-order valence-corrected chi connectivity index (χ4v) is 4.25. The Morgan fingerprint density at radius 3 is 2.65 bits per heavy atom. The molecular weight excluding hydrogens is 410 g/mol. The first kappa shape index (κ1) is 21.4. The number of aromatic amines is 1. The van der Waals surface area contributed by atoms with Gasteiger partial charge in [0.05, 0.1) is 18.3 Å². The van der Waals surface area contributed by atoms with Crippen molar-refractivity contribution >= 4 is 17.5 Å². The van der Waals surface area contributed by atoms with Gasteiger partial charge in [0, 0.05) is 22.7 Å². The third-order valence-electron chi connectivity index (χ3n) is 5.63. The van der Waals surface area contributed by atoms with Crippen LogP contribution >= 0.6 is 11.6 Å². The molecule has 0 fully saturated rings. The number of nitrogens with one attached hydrogen (secondary N) is 1. The van der Waals surface area contributed by atoms with Crippen molar-refractivity contribution in [2.75, 3.05) is 13.2 Å². The average molecular weight is 438 g/mol. The Morgan fingerprint density at radius 1 is 1.10 bits per heavy atom. The monoisotopic (exact) mass is 437 g/mol. The first-order valence-corrected chi connectivity index (χ1v) is 11.4. The van der Waals surface area contributed by atoms with E-state index in [2.05, 4.69) is 30.1 Å². The Hall–Kier alpha value is -2.79. The molecule has 5 nitrogen and oxygen atoms in total. The van der Waals surface area contributed by atoms with Gasteiger partial charge in [0.2, 0.25) is 0 Å². The molecule has 0 saturated carbocycles. The van der Waals surface area contributed by atoms with Crippen molar-refractivity contribution < 1.29 is 9.53 Å². The molecule has 0 aliphatic carbocycles. The highest BCUT2D eigenvalue weighted by molar-refractivity contribution is 6.30. The van der Waals surface area contributed by atoms with Gasteiger partial charge in [-0.3, -0.25) is 9.89 Å². The number of carbonyl (C=O) groups excluding carboxylic acids is 1. The molecule has 1 aliphatic rings. The first-order valence-electron chi connectivity index (χ1n) is 11.0. The fourth-order valence-electron chi connectivity index (χ4n) is 4.13. The van der Waals surface area contributed by atoms with Crippen molar-refractivity contribution in [3.8, 4) is 17.0 Å². The second kappa shape index (κ2) is 9.56. The normalized spacial score (nSPS) is 15.4. The molecule has 1 N–H and O–H groups in total.